The van der Waals surface area contributed by atoms with Crippen molar-refractivity contribution in [3.63, 3.8) is 0 Å². The summed E-state index contributed by atoms with van der Waals surface area (Å²) >= 11 is 5.07. The van der Waals surface area contributed by atoms with Crippen molar-refractivity contribution in [1.82, 2.24) is 25.0 Å². The van der Waals surface area contributed by atoms with Crippen molar-refractivity contribution in [2.45, 2.75) is 26.8 Å². The molecule has 0 spiro atoms. The van der Waals surface area contributed by atoms with Crippen molar-refractivity contribution in [3.05, 3.63) is 11.0 Å². The third kappa shape index (κ3) is 1.65. The van der Waals surface area contributed by atoms with E-state index in [4.69, 9.17) is 12.2 Å². The fourth-order valence-corrected chi connectivity index (χ4v) is 1.54. The number of rotatable bonds is 2. The summed E-state index contributed by atoms with van der Waals surface area (Å²) in [5.74, 6) is 0.491. The first-order valence-corrected chi connectivity index (χ1v) is 5.30. The summed E-state index contributed by atoms with van der Waals surface area (Å²) in [6.45, 7) is 6.40. The van der Waals surface area contributed by atoms with Gasteiger partial charge in [-0.25, -0.2) is 9.67 Å². The molecule has 2 rings (SSSR count). The highest BCUT2D eigenvalue weighted by Gasteiger charge is 2.15. The third-order valence-electron chi connectivity index (χ3n) is 2.63. The van der Waals surface area contributed by atoms with Crippen LogP contribution in [-0.2, 0) is 0 Å². The SMILES string of the molecule is CC(C)C(C)n1nnc2c(=S)nc[nH]c21. The summed E-state index contributed by atoms with van der Waals surface area (Å²) in [6.07, 6.45) is 1.58. The van der Waals surface area contributed by atoms with E-state index in [9.17, 15) is 0 Å². The highest BCUT2D eigenvalue weighted by Crippen LogP contribution is 2.19. The van der Waals surface area contributed by atoms with Gasteiger partial charge in [0.1, 0.15) is 0 Å². The summed E-state index contributed by atoms with van der Waals surface area (Å²) in [7, 11) is 0. The van der Waals surface area contributed by atoms with Gasteiger partial charge in [-0.05, 0) is 12.8 Å². The van der Waals surface area contributed by atoms with Crippen molar-refractivity contribution in [3.8, 4) is 0 Å². The van der Waals surface area contributed by atoms with Gasteiger partial charge in [-0.3, -0.25) is 0 Å². The van der Waals surface area contributed by atoms with E-state index < -0.39 is 0 Å². The fraction of sp³-hybridized carbons (Fsp3) is 0.556. The van der Waals surface area contributed by atoms with E-state index in [2.05, 4.69) is 41.1 Å². The van der Waals surface area contributed by atoms with Gasteiger partial charge in [-0.1, -0.05) is 31.3 Å². The lowest BCUT2D eigenvalue weighted by atomic mass is 10.1. The van der Waals surface area contributed by atoms with Gasteiger partial charge in [0, 0.05) is 0 Å². The number of hydrogen-bond donors (Lipinski definition) is 1. The van der Waals surface area contributed by atoms with Gasteiger partial charge in [-0.15, -0.1) is 5.10 Å². The molecular formula is C9H13N5S. The van der Waals surface area contributed by atoms with E-state index in [1.165, 1.54) is 0 Å². The molecule has 2 aromatic heterocycles. The van der Waals surface area contributed by atoms with E-state index in [1.807, 2.05) is 4.68 Å². The van der Waals surface area contributed by atoms with E-state index in [0.717, 1.165) is 5.65 Å². The molecule has 0 aliphatic rings. The van der Waals surface area contributed by atoms with Crippen LogP contribution in [0.3, 0.4) is 0 Å². The van der Waals surface area contributed by atoms with E-state index in [-0.39, 0.29) is 6.04 Å². The summed E-state index contributed by atoms with van der Waals surface area (Å²) < 4.78 is 2.35. The molecule has 1 N–H and O–H groups in total. The molecule has 1 atom stereocenters. The number of H-pyrrole nitrogens is 1. The lowest BCUT2D eigenvalue weighted by Crippen LogP contribution is -2.13. The molecule has 5 nitrogen and oxygen atoms in total. The zero-order chi connectivity index (χ0) is 11.0. The minimum absolute atomic E-state index is 0.281. The standard InChI is InChI=1S/C9H13N5S/c1-5(2)6(3)14-8-7(12-13-14)9(15)11-4-10-8/h4-6H,1-3H3,(H,10,11,15). The van der Waals surface area contributed by atoms with E-state index >= 15 is 0 Å². The number of aromatic amines is 1. The van der Waals surface area contributed by atoms with Crippen LogP contribution in [0.25, 0.3) is 11.2 Å². The Balaban J connectivity index is 2.64. The maximum Gasteiger partial charge on any atom is 0.166 e. The smallest absolute Gasteiger partial charge is 0.166 e. The number of nitrogens with zero attached hydrogens (tertiary/aromatic N) is 4. The van der Waals surface area contributed by atoms with Crippen LogP contribution >= 0.6 is 12.2 Å². The maximum atomic E-state index is 5.07. The lowest BCUT2D eigenvalue weighted by Gasteiger charge is -2.15. The second kappa shape index (κ2) is 3.69. The Bertz CT molecular complexity index is 527. The predicted molar refractivity (Wildman–Crippen MR) is 60.1 cm³/mol. The lowest BCUT2D eigenvalue weighted by molar-refractivity contribution is 0.375. The quantitative estimate of drug-likeness (QED) is 0.792. The second-order valence-corrected chi connectivity index (χ2v) is 4.31. The molecule has 0 bridgehead atoms. The van der Waals surface area contributed by atoms with E-state index in [1.54, 1.807) is 6.33 Å². The van der Waals surface area contributed by atoms with Crippen molar-refractivity contribution in [2.75, 3.05) is 0 Å². The van der Waals surface area contributed by atoms with Crippen molar-refractivity contribution >= 4 is 23.4 Å². The average Bonchev–Trinajstić information content (AvgIpc) is 2.61. The molecule has 0 amide bonds. The first-order chi connectivity index (χ1) is 7.11. The highest BCUT2D eigenvalue weighted by atomic mass is 32.1. The predicted octanol–water partition coefficient (Wildman–Crippen LogP) is 2.10. The number of nitrogens with one attached hydrogen (secondary N) is 1. The van der Waals surface area contributed by atoms with Crippen LogP contribution in [0.1, 0.15) is 26.8 Å². The average molecular weight is 223 g/mol. The number of hydrogen-bond acceptors (Lipinski definition) is 4. The van der Waals surface area contributed by atoms with Gasteiger partial charge in [0.25, 0.3) is 0 Å². The van der Waals surface area contributed by atoms with Crippen LogP contribution in [0.5, 0.6) is 0 Å². The summed E-state index contributed by atoms with van der Waals surface area (Å²) in [5.41, 5.74) is 1.51. The molecule has 0 saturated heterocycles. The van der Waals surface area contributed by atoms with Crippen LogP contribution in [0.2, 0.25) is 0 Å². The number of aromatic nitrogens is 5. The van der Waals surface area contributed by atoms with Crippen molar-refractivity contribution in [1.29, 1.82) is 0 Å². The first-order valence-electron chi connectivity index (χ1n) is 4.90. The summed E-state index contributed by atoms with van der Waals surface area (Å²) in [5, 5.41) is 8.14. The second-order valence-electron chi connectivity index (χ2n) is 3.92. The van der Waals surface area contributed by atoms with Crippen LogP contribution in [0, 0.1) is 10.6 Å². The molecule has 15 heavy (non-hydrogen) atoms. The Labute approximate surface area is 92.5 Å². The third-order valence-corrected chi connectivity index (χ3v) is 2.93. The molecule has 0 radical (unpaired) electrons. The normalized spacial score (nSPS) is 13.6. The molecule has 0 aliphatic carbocycles. The van der Waals surface area contributed by atoms with Crippen LogP contribution in [0.4, 0.5) is 0 Å². The van der Waals surface area contributed by atoms with E-state index in [0.29, 0.717) is 16.1 Å². The molecule has 6 heteroatoms. The zero-order valence-electron chi connectivity index (χ0n) is 8.93. The largest absolute Gasteiger partial charge is 0.329 e. The fourth-order valence-electron chi connectivity index (χ4n) is 1.35. The molecule has 2 aromatic rings. The monoisotopic (exact) mass is 223 g/mol. The molecule has 0 aromatic carbocycles. The molecule has 80 valence electrons. The van der Waals surface area contributed by atoms with Crippen molar-refractivity contribution < 1.29 is 0 Å². The van der Waals surface area contributed by atoms with Gasteiger partial charge < -0.3 is 4.98 Å². The molecule has 0 fully saturated rings. The van der Waals surface area contributed by atoms with Gasteiger partial charge in [0.15, 0.2) is 15.8 Å². The van der Waals surface area contributed by atoms with Gasteiger partial charge in [-0.2, -0.15) is 0 Å². The number of fused-ring (bicyclic) bond motifs is 1. The molecule has 0 aliphatic heterocycles. The molecule has 1 unspecified atom stereocenters. The summed E-state index contributed by atoms with van der Waals surface area (Å²) in [4.78, 5) is 7.00. The van der Waals surface area contributed by atoms with Crippen LogP contribution in [-0.4, -0.2) is 25.0 Å². The molecular weight excluding hydrogens is 210 g/mol. The topological polar surface area (TPSA) is 59.4 Å². The summed E-state index contributed by atoms with van der Waals surface area (Å²) in [6, 6.07) is 0.281. The zero-order valence-corrected chi connectivity index (χ0v) is 9.75. The maximum absolute atomic E-state index is 5.07. The van der Waals surface area contributed by atoms with Gasteiger partial charge >= 0.3 is 0 Å². The van der Waals surface area contributed by atoms with Crippen LogP contribution in [0.15, 0.2) is 6.33 Å². The Kier molecular flexibility index (Phi) is 2.52. The first kappa shape index (κ1) is 10.2. The van der Waals surface area contributed by atoms with Crippen molar-refractivity contribution in [2.24, 2.45) is 5.92 Å². The van der Waals surface area contributed by atoms with Gasteiger partial charge in [0.2, 0.25) is 0 Å². The Morgan fingerprint density at radius 2 is 2.13 bits per heavy atom. The Morgan fingerprint density at radius 1 is 1.40 bits per heavy atom. The minimum Gasteiger partial charge on any atom is -0.329 e. The Hall–Kier alpha value is -1.30. The molecule has 0 saturated carbocycles. The van der Waals surface area contributed by atoms with Crippen LogP contribution < -0.4 is 0 Å². The van der Waals surface area contributed by atoms with Gasteiger partial charge in [0.05, 0.1) is 12.4 Å². The Morgan fingerprint density at radius 3 is 2.80 bits per heavy atom. The molecule has 2 heterocycles. The highest BCUT2D eigenvalue weighted by molar-refractivity contribution is 7.71. The minimum atomic E-state index is 0.281.